The van der Waals surface area contributed by atoms with Gasteiger partial charge in [0.1, 0.15) is 5.75 Å². The molecule has 0 aliphatic heterocycles. The first-order valence-corrected chi connectivity index (χ1v) is 9.33. The zero-order valence-corrected chi connectivity index (χ0v) is 15.9. The van der Waals surface area contributed by atoms with Crippen LogP contribution in [-0.4, -0.2) is 29.4 Å². The monoisotopic (exact) mass is 353 g/mol. The highest BCUT2D eigenvalue weighted by Gasteiger charge is 2.07. The second-order valence-electron chi connectivity index (χ2n) is 6.07. The molecule has 0 amide bonds. The van der Waals surface area contributed by atoms with Crippen LogP contribution in [0.25, 0.3) is 10.2 Å². The number of aromatic nitrogens is 1. The van der Waals surface area contributed by atoms with Crippen LogP contribution in [0, 0.1) is 13.8 Å². The summed E-state index contributed by atoms with van der Waals surface area (Å²) in [6, 6.07) is 9.95. The molecule has 0 atom stereocenters. The third-order valence-electron chi connectivity index (χ3n) is 4.45. The number of aryl methyl sites for hydroxylation is 2. The quantitative estimate of drug-likeness (QED) is 0.640. The molecule has 130 valence electrons. The van der Waals surface area contributed by atoms with Gasteiger partial charge in [0.15, 0.2) is 0 Å². The summed E-state index contributed by atoms with van der Waals surface area (Å²) in [6.45, 7) is 10.2. The molecule has 25 heavy (non-hydrogen) atoms. The molecule has 0 spiro atoms. The van der Waals surface area contributed by atoms with E-state index in [9.17, 15) is 5.11 Å². The lowest BCUT2D eigenvalue weighted by molar-refractivity contribution is 0.474. The second kappa shape index (κ2) is 7.23. The van der Waals surface area contributed by atoms with Crippen molar-refractivity contribution in [3.8, 4) is 5.75 Å². The van der Waals surface area contributed by atoms with E-state index in [1.54, 1.807) is 23.6 Å². The molecular formula is C20H23N3OS. The van der Waals surface area contributed by atoms with Gasteiger partial charge in [-0.15, -0.1) is 0 Å². The Bertz CT molecular complexity index is 887. The number of nitrogens with zero attached hydrogens (tertiary/aromatic N) is 3. The van der Waals surface area contributed by atoms with Gasteiger partial charge < -0.3 is 10.0 Å². The highest BCUT2D eigenvalue weighted by atomic mass is 32.1. The Morgan fingerprint density at radius 1 is 1.12 bits per heavy atom. The van der Waals surface area contributed by atoms with Crippen LogP contribution >= 0.6 is 11.3 Å². The van der Waals surface area contributed by atoms with Crippen molar-refractivity contribution in [3.05, 3.63) is 47.0 Å². The maximum absolute atomic E-state index is 10.3. The van der Waals surface area contributed by atoms with Crippen LogP contribution in [0.15, 0.2) is 35.3 Å². The summed E-state index contributed by atoms with van der Waals surface area (Å²) in [6.07, 6.45) is 1.68. The lowest BCUT2D eigenvalue weighted by atomic mass is 10.1. The summed E-state index contributed by atoms with van der Waals surface area (Å²) in [5.74, 6) is 0.237. The maximum atomic E-state index is 10.3. The van der Waals surface area contributed by atoms with E-state index in [1.807, 2.05) is 12.1 Å². The van der Waals surface area contributed by atoms with Crippen LogP contribution in [0.1, 0.15) is 30.5 Å². The molecule has 0 saturated heterocycles. The number of hydrogen-bond donors (Lipinski definition) is 1. The smallest absolute Gasteiger partial charge is 0.210 e. The number of rotatable bonds is 5. The van der Waals surface area contributed by atoms with Crippen molar-refractivity contribution in [1.82, 2.24) is 4.98 Å². The lowest BCUT2D eigenvalue weighted by Gasteiger charge is -2.21. The Labute approximate surface area is 152 Å². The number of hydrogen-bond acceptors (Lipinski definition) is 5. The van der Waals surface area contributed by atoms with Crippen LogP contribution in [0.2, 0.25) is 0 Å². The molecule has 0 radical (unpaired) electrons. The minimum atomic E-state index is 0.237. The summed E-state index contributed by atoms with van der Waals surface area (Å²) in [7, 11) is 0. The van der Waals surface area contributed by atoms with E-state index >= 15 is 0 Å². The van der Waals surface area contributed by atoms with E-state index in [2.05, 4.69) is 54.7 Å². The van der Waals surface area contributed by atoms with Crippen LogP contribution in [0.5, 0.6) is 5.75 Å². The van der Waals surface area contributed by atoms with E-state index in [4.69, 9.17) is 0 Å². The van der Waals surface area contributed by atoms with E-state index in [0.29, 0.717) is 10.7 Å². The topological polar surface area (TPSA) is 48.7 Å². The maximum Gasteiger partial charge on any atom is 0.210 e. The highest BCUT2D eigenvalue weighted by Crippen LogP contribution is 2.30. The first-order valence-electron chi connectivity index (χ1n) is 8.51. The summed E-state index contributed by atoms with van der Waals surface area (Å²) in [5.41, 5.74) is 5.18. The standard InChI is InChI=1S/C20H23N3OS/c1-5-23(6-2)16-8-7-15(18(24)11-16)12-21-20-22-17-9-13(3)14(4)10-19(17)25-20/h7-12,24H,5-6H2,1-4H3/b21-12+. The Balaban J connectivity index is 1.86. The van der Waals surface area contributed by atoms with Gasteiger partial charge in [0.25, 0.3) is 0 Å². The Morgan fingerprint density at radius 3 is 2.52 bits per heavy atom. The number of phenolic OH excluding ortho intramolecular Hbond substituents is 1. The van der Waals surface area contributed by atoms with Crippen LogP contribution in [0.4, 0.5) is 10.8 Å². The molecule has 1 N–H and O–H groups in total. The summed E-state index contributed by atoms with van der Waals surface area (Å²) >= 11 is 1.56. The van der Waals surface area contributed by atoms with E-state index in [0.717, 1.165) is 29.0 Å². The van der Waals surface area contributed by atoms with Gasteiger partial charge in [0.2, 0.25) is 5.13 Å². The number of fused-ring (bicyclic) bond motifs is 1. The summed E-state index contributed by atoms with van der Waals surface area (Å²) in [5, 5.41) is 11.0. The van der Waals surface area contributed by atoms with Crippen molar-refractivity contribution in [2.75, 3.05) is 18.0 Å². The van der Waals surface area contributed by atoms with Crippen molar-refractivity contribution in [3.63, 3.8) is 0 Å². The Kier molecular flexibility index (Phi) is 5.04. The number of benzene rings is 2. The fraction of sp³-hybridized carbons (Fsp3) is 0.300. The van der Waals surface area contributed by atoms with Gasteiger partial charge in [-0.1, -0.05) is 11.3 Å². The first-order chi connectivity index (χ1) is 12.0. The molecule has 2 aromatic carbocycles. The average molecular weight is 353 g/mol. The molecule has 3 rings (SSSR count). The fourth-order valence-electron chi connectivity index (χ4n) is 2.77. The molecule has 0 saturated carbocycles. The van der Waals surface area contributed by atoms with E-state index < -0.39 is 0 Å². The molecule has 1 heterocycles. The minimum absolute atomic E-state index is 0.237. The Hall–Kier alpha value is -2.40. The van der Waals surface area contributed by atoms with Gasteiger partial charge >= 0.3 is 0 Å². The molecular weight excluding hydrogens is 330 g/mol. The molecule has 0 aliphatic rings. The molecule has 4 nitrogen and oxygen atoms in total. The third kappa shape index (κ3) is 3.66. The van der Waals surface area contributed by atoms with Crippen LogP contribution in [-0.2, 0) is 0 Å². The first kappa shape index (κ1) is 17.4. The van der Waals surface area contributed by atoms with Crippen molar-refractivity contribution in [2.24, 2.45) is 4.99 Å². The van der Waals surface area contributed by atoms with Crippen LogP contribution < -0.4 is 4.90 Å². The number of aliphatic imine (C=N–C) groups is 1. The van der Waals surface area contributed by atoms with Gasteiger partial charge in [-0.25, -0.2) is 9.98 Å². The molecule has 0 fully saturated rings. The van der Waals surface area contributed by atoms with Crippen molar-refractivity contribution in [2.45, 2.75) is 27.7 Å². The number of phenols is 1. The van der Waals surface area contributed by atoms with E-state index in [-0.39, 0.29) is 5.75 Å². The zero-order chi connectivity index (χ0) is 18.0. The van der Waals surface area contributed by atoms with Gasteiger partial charge in [0.05, 0.1) is 10.2 Å². The van der Waals surface area contributed by atoms with Crippen molar-refractivity contribution < 1.29 is 5.11 Å². The normalized spacial score (nSPS) is 11.5. The predicted octanol–water partition coefficient (Wildman–Crippen LogP) is 5.22. The average Bonchev–Trinajstić information content (AvgIpc) is 2.97. The largest absolute Gasteiger partial charge is 0.507 e. The van der Waals surface area contributed by atoms with Crippen molar-refractivity contribution in [1.29, 1.82) is 0 Å². The van der Waals surface area contributed by atoms with Gasteiger partial charge in [-0.05, 0) is 63.1 Å². The highest BCUT2D eigenvalue weighted by molar-refractivity contribution is 7.22. The van der Waals surface area contributed by atoms with Gasteiger partial charge in [-0.3, -0.25) is 0 Å². The molecule has 0 unspecified atom stereocenters. The lowest BCUT2D eigenvalue weighted by Crippen LogP contribution is -2.21. The number of thiazole rings is 1. The van der Waals surface area contributed by atoms with Crippen LogP contribution in [0.3, 0.4) is 0 Å². The SMILES string of the molecule is CCN(CC)c1ccc(/C=N/c2nc3cc(C)c(C)cc3s2)c(O)c1. The molecule has 5 heteroatoms. The predicted molar refractivity (Wildman–Crippen MR) is 108 cm³/mol. The number of aromatic hydroxyl groups is 1. The summed E-state index contributed by atoms with van der Waals surface area (Å²) in [4.78, 5) is 11.2. The zero-order valence-electron chi connectivity index (χ0n) is 15.1. The number of anilines is 1. The molecule has 0 bridgehead atoms. The van der Waals surface area contributed by atoms with Gasteiger partial charge in [0, 0.05) is 36.6 Å². The minimum Gasteiger partial charge on any atom is -0.507 e. The third-order valence-corrected chi connectivity index (χ3v) is 5.38. The molecule has 3 aromatic rings. The Morgan fingerprint density at radius 2 is 1.84 bits per heavy atom. The second-order valence-corrected chi connectivity index (χ2v) is 7.08. The fourth-order valence-corrected chi connectivity index (χ4v) is 3.67. The molecule has 1 aromatic heterocycles. The molecule has 0 aliphatic carbocycles. The summed E-state index contributed by atoms with van der Waals surface area (Å²) < 4.78 is 1.14. The van der Waals surface area contributed by atoms with E-state index in [1.165, 1.54) is 11.1 Å². The van der Waals surface area contributed by atoms with Gasteiger partial charge in [-0.2, -0.15) is 0 Å². The van der Waals surface area contributed by atoms with Crippen molar-refractivity contribution >= 4 is 38.6 Å².